The molecule has 3 aromatic heterocycles. The number of fused-ring (bicyclic) bond motifs is 2. The van der Waals surface area contributed by atoms with E-state index in [0.29, 0.717) is 35.4 Å². The van der Waals surface area contributed by atoms with Crippen LogP contribution >= 0.6 is 0 Å². The van der Waals surface area contributed by atoms with Gasteiger partial charge < -0.3 is 18.7 Å². The van der Waals surface area contributed by atoms with Gasteiger partial charge in [0, 0.05) is 18.7 Å². The van der Waals surface area contributed by atoms with E-state index >= 15 is 0 Å². The molecule has 0 bridgehead atoms. The van der Waals surface area contributed by atoms with Crippen LogP contribution in [0.4, 0.5) is 19.2 Å². The molecule has 1 N–H and O–H groups in total. The Morgan fingerprint density at radius 2 is 2.11 bits per heavy atom. The summed E-state index contributed by atoms with van der Waals surface area (Å²) in [6.45, 7) is 0.407. The lowest BCUT2D eigenvalue weighted by molar-refractivity contribution is 0.115. The quantitative estimate of drug-likeness (QED) is 0.587. The van der Waals surface area contributed by atoms with Crippen LogP contribution in [0.25, 0.3) is 11.0 Å². The molecule has 0 unspecified atom stereocenters. The van der Waals surface area contributed by atoms with Crippen LogP contribution in [-0.2, 0) is 6.42 Å². The first-order valence-corrected chi connectivity index (χ1v) is 8.20. The number of nitrogens with zero attached hydrogens (tertiary/aromatic N) is 4. The molecule has 138 valence electrons. The minimum atomic E-state index is -2.87. The third-order valence-electron chi connectivity index (χ3n) is 4.58. The van der Waals surface area contributed by atoms with E-state index in [4.69, 9.17) is 8.83 Å². The minimum Gasteiger partial charge on any atom is -0.458 e. The van der Waals surface area contributed by atoms with E-state index in [9.17, 15) is 13.2 Å². The Balaban J connectivity index is 1.65. The van der Waals surface area contributed by atoms with Crippen molar-refractivity contribution in [3.8, 4) is 0 Å². The van der Waals surface area contributed by atoms with Gasteiger partial charge in [-0.15, -0.1) is 5.10 Å². The van der Waals surface area contributed by atoms with E-state index in [1.165, 1.54) is 6.07 Å². The van der Waals surface area contributed by atoms with Crippen LogP contribution < -0.4 is 4.90 Å². The number of alkyl halides is 2. The van der Waals surface area contributed by atoms with Crippen LogP contribution in [0.1, 0.15) is 35.5 Å². The zero-order valence-corrected chi connectivity index (χ0v) is 13.7. The fourth-order valence-corrected chi connectivity index (χ4v) is 3.38. The molecule has 0 amide bonds. The van der Waals surface area contributed by atoms with Gasteiger partial charge in [0.15, 0.2) is 0 Å². The van der Waals surface area contributed by atoms with Crippen LogP contribution in [0.5, 0.6) is 0 Å². The van der Waals surface area contributed by atoms with Crippen LogP contribution in [0, 0.1) is 5.82 Å². The highest BCUT2D eigenvalue weighted by atomic mass is 19.3. The SMILES string of the molecule is Fc1cccc2oc([C@@H]3c4nc[nH]c4CCN3c3nnc(C(F)F)o3)cc12. The summed E-state index contributed by atoms with van der Waals surface area (Å²) >= 11 is 0. The molecule has 1 atom stereocenters. The number of H-pyrrole nitrogens is 1. The summed E-state index contributed by atoms with van der Waals surface area (Å²) < 4.78 is 50.8. The fraction of sp³-hybridized carbons (Fsp3) is 0.235. The molecule has 0 radical (unpaired) electrons. The van der Waals surface area contributed by atoms with Gasteiger partial charge in [0.2, 0.25) is 0 Å². The molecule has 7 nitrogen and oxygen atoms in total. The van der Waals surface area contributed by atoms with E-state index in [2.05, 4.69) is 20.2 Å². The second-order valence-corrected chi connectivity index (χ2v) is 6.14. The summed E-state index contributed by atoms with van der Waals surface area (Å²) in [6, 6.07) is 5.45. The predicted molar refractivity (Wildman–Crippen MR) is 86.9 cm³/mol. The number of hydrogen-bond donors (Lipinski definition) is 1. The van der Waals surface area contributed by atoms with Gasteiger partial charge >= 0.3 is 12.4 Å². The highest BCUT2D eigenvalue weighted by Gasteiger charge is 2.37. The number of nitrogens with one attached hydrogen (secondary N) is 1. The monoisotopic (exact) mass is 375 g/mol. The molecule has 0 saturated heterocycles. The average molecular weight is 375 g/mol. The molecule has 1 aromatic carbocycles. The maximum Gasteiger partial charge on any atom is 0.319 e. The molecule has 0 aliphatic carbocycles. The lowest BCUT2D eigenvalue weighted by atomic mass is 10.0. The summed E-state index contributed by atoms with van der Waals surface area (Å²) in [7, 11) is 0. The average Bonchev–Trinajstić information content (AvgIpc) is 3.39. The Hall–Kier alpha value is -3.30. The van der Waals surface area contributed by atoms with Crippen molar-refractivity contribution >= 4 is 17.0 Å². The fourth-order valence-electron chi connectivity index (χ4n) is 3.38. The zero-order valence-electron chi connectivity index (χ0n) is 13.7. The number of aromatic nitrogens is 4. The minimum absolute atomic E-state index is 0.0649. The molecular formula is C17H12F3N5O2. The van der Waals surface area contributed by atoms with Crippen molar-refractivity contribution < 1.29 is 22.0 Å². The van der Waals surface area contributed by atoms with Crippen molar-refractivity contribution in [3.05, 3.63) is 59.4 Å². The third kappa shape index (κ3) is 2.47. The molecule has 0 saturated carbocycles. The van der Waals surface area contributed by atoms with Gasteiger partial charge in [0.05, 0.1) is 17.4 Å². The number of benzene rings is 1. The second kappa shape index (κ2) is 5.86. The van der Waals surface area contributed by atoms with Crippen molar-refractivity contribution in [2.75, 3.05) is 11.4 Å². The normalized spacial score (nSPS) is 17.0. The Bertz CT molecular complexity index is 1120. The highest BCUT2D eigenvalue weighted by molar-refractivity contribution is 5.79. The van der Waals surface area contributed by atoms with Crippen LogP contribution in [0.2, 0.25) is 0 Å². The van der Waals surface area contributed by atoms with Crippen LogP contribution in [0.15, 0.2) is 39.4 Å². The number of rotatable bonds is 3. The number of halogens is 3. The van der Waals surface area contributed by atoms with Crippen molar-refractivity contribution in [2.24, 2.45) is 0 Å². The molecule has 4 aromatic rings. The molecule has 27 heavy (non-hydrogen) atoms. The van der Waals surface area contributed by atoms with Gasteiger partial charge in [0.25, 0.3) is 5.89 Å². The highest BCUT2D eigenvalue weighted by Crippen LogP contribution is 2.39. The first kappa shape index (κ1) is 15.9. The van der Waals surface area contributed by atoms with Gasteiger partial charge in [-0.25, -0.2) is 9.37 Å². The van der Waals surface area contributed by atoms with Crippen molar-refractivity contribution in [3.63, 3.8) is 0 Å². The van der Waals surface area contributed by atoms with E-state index in [1.807, 2.05) is 0 Å². The topological polar surface area (TPSA) is 84.0 Å². The molecule has 1 aliphatic heterocycles. The van der Waals surface area contributed by atoms with Crippen LogP contribution in [0.3, 0.4) is 0 Å². The summed E-state index contributed by atoms with van der Waals surface area (Å²) in [6.07, 6.45) is -0.744. The summed E-state index contributed by atoms with van der Waals surface area (Å²) in [5.74, 6) is -0.767. The molecular weight excluding hydrogens is 363 g/mol. The van der Waals surface area contributed by atoms with Crippen molar-refractivity contribution in [2.45, 2.75) is 18.9 Å². The second-order valence-electron chi connectivity index (χ2n) is 6.14. The molecule has 4 heterocycles. The number of anilines is 1. The Morgan fingerprint density at radius 3 is 2.89 bits per heavy atom. The van der Waals surface area contributed by atoms with E-state index < -0.39 is 24.2 Å². The summed E-state index contributed by atoms with van der Waals surface area (Å²) in [5.41, 5.74) is 1.90. The standard InChI is InChI=1S/C17H12F3N5O2/c18-9-2-1-3-11-8(9)6-12(26-11)14-13-10(21-7-22-13)4-5-25(14)17-24-23-16(27-17)15(19)20/h1-3,6-7,14-15H,4-5H2,(H,21,22)/t14-/m1/s1. The number of furan rings is 1. The van der Waals surface area contributed by atoms with Gasteiger partial charge in [0.1, 0.15) is 23.2 Å². The summed E-state index contributed by atoms with van der Waals surface area (Å²) in [4.78, 5) is 9.03. The Labute approximate surface area is 149 Å². The first-order valence-electron chi connectivity index (χ1n) is 8.20. The Kier molecular flexibility index (Phi) is 3.46. The third-order valence-corrected chi connectivity index (χ3v) is 4.58. The van der Waals surface area contributed by atoms with Crippen molar-refractivity contribution in [1.29, 1.82) is 0 Å². The van der Waals surface area contributed by atoms with Gasteiger partial charge in [-0.2, -0.15) is 8.78 Å². The van der Waals surface area contributed by atoms with Crippen LogP contribution in [-0.4, -0.2) is 26.7 Å². The molecule has 1 aliphatic rings. The molecule has 0 fully saturated rings. The zero-order chi connectivity index (χ0) is 18.5. The number of imidazole rings is 1. The molecule has 5 rings (SSSR count). The van der Waals surface area contributed by atoms with Gasteiger partial charge in [-0.3, -0.25) is 0 Å². The smallest absolute Gasteiger partial charge is 0.319 e. The Morgan fingerprint density at radius 1 is 1.22 bits per heavy atom. The number of hydrogen-bond acceptors (Lipinski definition) is 6. The first-order chi connectivity index (χ1) is 13.1. The van der Waals surface area contributed by atoms with E-state index in [0.717, 1.165) is 5.69 Å². The van der Waals surface area contributed by atoms with Gasteiger partial charge in [-0.05, 0) is 18.2 Å². The maximum absolute atomic E-state index is 14.1. The molecule has 10 heteroatoms. The lowest BCUT2D eigenvalue weighted by Crippen LogP contribution is -2.36. The maximum atomic E-state index is 14.1. The van der Waals surface area contributed by atoms with Gasteiger partial charge in [-0.1, -0.05) is 11.2 Å². The lowest BCUT2D eigenvalue weighted by Gasteiger charge is -2.31. The predicted octanol–water partition coefficient (Wildman–Crippen LogP) is 3.77. The largest absolute Gasteiger partial charge is 0.458 e. The van der Waals surface area contributed by atoms with Crippen molar-refractivity contribution in [1.82, 2.24) is 20.2 Å². The summed E-state index contributed by atoms with van der Waals surface area (Å²) in [5, 5.41) is 7.46. The van der Waals surface area contributed by atoms with E-state index in [-0.39, 0.29) is 6.01 Å². The molecule has 0 spiro atoms. The van der Waals surface area contributed by atoms with E-state index in [1.54, 1.807) is 29.4 Å². The number of aromatic amines is 1.